The average Bonchev–Trinajstić information content (AvgIpc) is 3.03. The zero-order valence-electron chi connectivity index (χ0n) is 12.4. The van der Waals surface area contributed by atoms with E-state index in [0.29, 0.717) is 22.5 Å². The molecule has 4 rings (SSSR count). The highest BCUT2D eigenvalue weighted by Gasteiger charge is 2.45. The lowest BCUT2D eigenvalue weighted by molar-refractivity contribution is -0.380. The fraction of sp³-hybridized carbons (Fsp3) is 0.400. The van der Waals surface area contributed by atoms with Gasteiger partial charge in [0.15, 0.2) is 11.6 Å². The molecule has 0 N–H and O–H groups in total. The van der Waals surface area contributed by atoms with Crippen LogP contribution in [-0.4, -0.2) is 48.6 Å². The van der Waals surface area contributed by atoms with E-state index in [-0.39, 0.29) is 43.0 Å². The van der Waals surface area contributed by atoms with Crippen molar-refractivity contribution in [3.8, 4) is 0 Å². The van der Waals surface area contributed by atoms with Crippen LogP contribution in [0.15, 0.2) is 27.7 Å². The van der Waals surface area contributed by atoms with E-state index in [4.69, 9.17) is 9.47 Å². The van der Waals surface area contributed by atoms with Gasteiger partial charge in [-0.3, -0.25) is 24.7 Å². The molecule has 3 aliphatic rings. The largest absolute Gasteiger partial charge is 0.368 e. The normalized spacial score (nSPS) is 26.8. The Morgan fingerprint density at radius 3 is 2.71 bits per heavy atom. The van der Waals surface area contributed by atoms with Crippen LogP contribution in [0.3, 0.4) is 0 Å². The summed E-state index contributed by atoms with van der Waals surface area (Å²) in [5.74, 6) is -1.54. The highest BCUT2D eigenvalue weighted by molar-refractivity contribution is 7.13. The molecule has 2 unspecified atom stereocenters. The van der Waals surface area contributed by atoms with Gasteiger partial charge in [-0.2, -0.15) is 0 Å². The van der Waals surface area contributed by atoms with Crippen molar-refractivity contribution in [2.75, 3.05) is 26.4 Å². The fourth-order valence-corrected chi connectivity index (χ4v) is 4.16. The minimum Gasteiger partial charge on any atom is -0.368 e. The summed E-state index contributed by atoms with van der Waals surface area (Å²) in [6.07, 6.45) is 0. The SMILES string of the molecule is O=C1COCC2=C1C(c1csc([N+](=O)[O-])c1)C1C(=O)COCC1=N2. The second-order valence-electron chi connectivity index (χ2n) is 5.77. The first kappa shape index (κ1) is 15.3. The van der Waals surface area contributed by atoms with Gasteiger partial charge >= 0.3 is 5.00 Å². The third-order valence-corrected chi connectivity index (χ3v) is 5.25. The van der Waals surface area contributed by atoms with Crippen LogP contribution >= 0.6 is 11.3 Å². The number of carbonyl (C=O) groups is 2. The molecular weight excluding hydrogens is 336 g/mol. The van der Waals surface area contributed by atoms with E-state index in [1.54, 1.807) is 5.38 Å². The predicted octanol–water partition coefficient (Wildman–Crippen LogP) is 1.26. The first-order valence-electron chi connectivity index (χ1n) is 7.31. The molecule has 0 saturated carbocycles. The molecular formula is C15H12N2O6S. The average molecular weight is 348 g/mol. The van der Waals surface area contributed by atoms with Gasteiger partial charge in [-0.15, -0.1) is 0 Å². The molecule has 0 aliphatic carbocycles. The number of rotatable bonds is 2. The van der Waals surface area contributed by atoms with Gasteiger partial charge in [-0.25, -0.2) is 0 Å². The molecule has 1 aromatic rings. The Morgan fingerprint density at radius 1 is 1.17 bits per heavy atom. The standard InChI is InChI=1S/C15H12N2O6S/c18-10-4-22-2-8-14(10)13(7-1-12(17(20)21)24-6-7)15-9(16-8)3-23-5-11(15)19/h1,6,13-14H,2-5H2. The Balaban J connectivity index is 1.87. The summed E-state index contributed by atoms with van der Waals surface area (Å²) in [6, 6.07) is 1.44. The molecule has 24 heavy (non-hydrogen) atoms. The predicted molar refractivity (Wildman–Crippen MR) is 83.3 cm³/mol. The van der Waals surface area contributed by atoms with E-state index >= 15 is 0 Å². The zero-order chi connectivity index (χ0) is 16.8. The van der Waals surface area contributed by atoms with Gasteiger partial charge in [0.1, 0.15) is 13.2 Å². The van der Waals surface area contributed by atoms with Crippen LogP contribution in [-0.2, 0) is 19.1 Å². The number of hydrogen-bond donors (Lipinski definition) is 0. The van der Waals surface area contributed by atoms with Crippen LogP contribution in [0.5, 0.6) is 0 Å². The van der Waals surface area contributed by atoms with Crippen LogP contribution in [0.4, 0.5) is 5.00 Å². The third kappa shape index (κ3) is 2.32. The van der Waals surface area contributed by atoms with Gasteiger partial charge in [0.25, 0.3) is 0 Å². The molecule has 1 fully saturated rings. The van der Waals surface area contributed by atoms with Crippen molar-refractivity contribution in [2.24, 2.45) is 10.9 Å². The first-order chi connectivity index (χ1) is 11.6. The van der Waals surface area contributed by atoms with Crippen LogP contribution < -0.4 is 0 Å². The summed E-state index contributed by atoms with van der Waals surface area (Å²) in [7, 11) is 0. The summed E-state index contributed by atoms with van der Waals surface area (Å²) in [5.41, 5.74) is 2.09. The molecule has 3 aliphatic heterocycles. The molecule has 0 bridgehead atoms. The first-order valence-corrected chi connectivity index (χ1v) is 8.19. The molecule has 9 heteroatoms. The number of fused-ring (bicyclic) bond motifs is 1. The second kappa shape index (κ2) is 5.69. The molecule has 1 aromatic heterocycles. The molecule has 2 atom stereocenters. The Kier molecular flexibility index (Phi) is 3.63. The number of nitro groups is 1. The van der Waals surface area contributed by atoms with Gasteiger partial charge in [-0.1, -0.05) is 11.3 Å². The van der Waals surface area contributed by atoms with Gasteiger partial charge in [0.2, 0.25) is 0 Å². The van der Waals surface area contributed by atoms with Crippen LogP contribution in [0.2, 0.25) is 0 Å². The van der Waals surface area contributed by atoms with E-state index < -0.39 is 16.8 Å². The third-order valence-electron chi connectivity index (χ3n) is 4.35. The summed E-state index contributed by atoms with van der Waals surface area (Å²) in [6.45, 7) is 0.294. The number of nitrogens with zero attached hydrogens (tertiary/aromatic N) is 2. The number of Topliss-reactive ketones (excluding diaryl/α,β-unsaturated/α-hetero) is 2. The molecule has 0 amide bonds. The lowest BCUT2D eigenvalue weighted by Gasteiger charge is -2.36. The lowest BCUT2D eigenvalue weighted by atomic mass is 9.72. The minimum atomic E-state index is -0.603. The fourth-order valence-electron chi connectivity index (χ4n) is 3.40. The van der Waals surface area contributed by atoms with E-state index in [1.165, 1.54) is 6.07 Å². The van der Waals surface area contributed by atoms with E-state index in [0.717, 1.165) is 11.3 Å². The van der Waals surface area contributed by atoms with Gasteiger partial charge < -0.3 is 9.47 Å². The maximum Gasteiger partial charge on any atom is 0.324 e. The Bertz CT molecular complexity index is 824. The minimum absolute atomic E-state index is 0.0183. The quantitative estimate of drug-likeness (QED) is 0.588. The smallest absolute Gasteiger partial charge is 0.324 e. The van der Waals surface area contributed by atoms with Gasteiger partial charge in [-0.05, 0) is 5.56 Å². The number of hydrogen-bond acceptors (Lipinski definition) is 8. The lowest BCUT2D eigenvalue weighted by Crippen LogP contribution is -2.45. The molecule has 0 radical (unpaired) electrons. The van der Waals surface area contributed by atoms with E-state index in [9.17, 15) is 19.7 Å². The number of thiophene rings is 1. The van der Waals surface area contributed by atoms with Crippen molar-refractivity contribution in [1.82, 2.24) is 0 Å². The summed E-state index contributed by atoms with van der Waals surface area (Å²) >= 11 is 0.986. The maximum absolute atomic E-state index is 12.4. The number of aliphatic imine (C=N–C) groups is 1. The Morgan fingerprint density at radius 2 is 1.96 bits per heavy atom. The van der Waals surface area contributed by atoms with Crippen molar-refractivity contribution in [2.45, 2.75) is 5.92 Å². The molecule has 0 aromatic carbocycles. The van der Waals surface area contributed by atoms with Gasteiger partial charge in [0, 0.05) is 22.9 Å². The Labute approximate surface area is 139 Å². The summed E-state index contributed by atoms with van der Waals surface area (Å²) < 4.78 is 10.5. The molecule has 4 heterocycles. The zero-order valence-corrected chi connectivity index (χ0v) is 13.2. The van der Waals surface area contributed by atoms with E-state index in [2.05, 4.69) is 4.99 Å². The highest BCUT2D eigenvalue weighted by atomic mass is 32.1. The molecule has 8 nitrogen and oxygen atoms in total. The number of ether oxygens (including phenoxy) is 2. The van der Waals surface area contributed by atoms with Crippen LogP contribution in [0.25, 0.3) is 0 Å². The summed E-state index contributed by atoms with van der Waals surface area (Å²) in [4.78, 5) is 39.8. The summed E-state index contributed by atoms with van der Waals surface area (Å²) in [5, 5.41) is 12.6. The van der Waals surface area contributed by atoms with E-state index in [1.807, 2.05) is 0 Å². The monoisotopic (exact) mass is 348 g/mol. The van der Waals surface area contributed by atoms with Crippen LogP contribution in [0, 0.1) is 16.0 Å². The van der Waals surface area contributed by atoms with Gasteiger partial charge in [0.05, 0.1) is 35.5 Å². The van der Waals surface area contributed by atoms with Crippen molar-refractivity contribution >= 4 is 33.6 Å². The number of ketones is 2. The highest BCUT2D eigenvalue weighted by Crippen LogP contribution is 2.44. The number of carbonyl (C=O) groups excluding carboxylic acids is 2. The Hall–Kier alpha value is -2.23. The molecule has 1 saturated heterocycles. The van der Waals surface area contributed by atoms with Crippen molar-refractivity contribution < 1.29 is 24.0 Å². The molecule has 0 spiro atoms. The second-order valence-corrected chi connectivity index (χ2v) is 6.66. The van der Waals surface area contributed by atoms with Crippen LogP contribution in [0.1, 0.15) is 11.5 Å². The molecule has 124 valence electrons. The topological polar surface area (TPSA) is 108 Å². The van der Waals surface area contributed by atoms with Crippen molar-refractivity contribution in [3.05, 3.63) is 38.4 Å². The van der Waals surface area contributed by atoms with Crippen molar-refractivity contribution in [1.29, 1.82) is 0 Å². The van der Waals surface area contributed by atoms with Crippen molar-refractivity contribution in [3.63, 3.8) is 0 Å². The maximum atomic E-state index is 12.4.